The number of anilines is 3. The van der Waals surface area contributed by atoms with E-state index in [1.165, 1.54) is 36.1 Å². The second kappa shape index (κ2) is 8.15. The van der Waals surface area contributed by atoms with Crippen molar-refractivity contribution in [3.05, 3.63) is 47.7 Å². The van der Waals surface area contributed by atoms with Gasteiger partial charge in [0.15, 0.2) is 0 Å². The van der Waals surface area contributed by atoms with E-state index in [0.29, 0.717) is 0 Å². The Morgan fingerprint density at radius 1 is 1.33 bits per heavy atom. The van der Waals surface area contributed by atoms with Crippen molar-refractivity contribution in [1.82, 2.24) is 4.98 Å². The fourth-order valence-electron chi connectivity index (χ4n) is 3.29. The molecule has 0 bridgehead atoms. The Balaban J connectivity index is 1.94. The van der Waals surface area contributed by atoms with Crippen LogP contribution in [0, 0.1) is 0 Å². The van der Waals surface area contributed by atoms with E-state index in [0.717, 1.165) is 30.9 Å². The summed E-state index contributed by atoms with van der Waals surface area (Å²) in [5.74, 6) is 0.867. The molecule has 1 aromatic heterocycles. The van der Waals surface area contributed by atoms with E-state index >= 15 is 0 Å². The number of rotatable bonds is 7. The number of methoxy groups -OCH3 is 1. The Labute approximate surface area is 144 Å². The highest BCUT2D eigenvalue weighted by Crippen LogP contribution is 2.37. The van der Waals surface area contributed by atoms with Gasteiger partial charge in [-0.3, -0.25) is 0 Å². The van der Waals surface area contributed by atoms with Crippen LogP contribution in [0.5, 0.6) is 0 Å². The van der Waals surface area contributed by atoms with E-state index < -0.39 is 0 Å². The summed E-state index contributed by atoms with van der Waals surface area (Å²) in [6, 6.07) is 10.5. The fourth-order valence-corrected chi connectivity index (χ4v) is 3.29. The topological polar surface area (TPSA) is 46.2 Å². The molecule has 1 aromatic carbocycles. The maximum absolute atomic E-state index is 5.77. The van der Waals surface area contributed by atoms with Crippen molar-refractivity contribution in [2.75, 3.05) is 24.3 Å². The highest BCUT2D eigenvalue weighted by Gasteiger charge is 2.19. The zero-order valence-electron chi connectivity index (χ0n) is 14.6. The summed E-state index contributed by atoms with van der Waals surface area (Å²) in [7, 11) is 1.81. The summed E-state index contributed by atoms with van der Waals surface area (Å²) in [4.78, 5) is 4.40. The van der Waals surface area contributed by atoms with Crippen molar-refractivity contribution < 1.29 is 4.74 Å². The molecule has 1 aliphatic heterocycles. The molecule has 2 aromatic rings. The predicted octanol–water partition coefficient (Wildman–Crippen LogP) is 5.06. The van der Waals surface area contributed by atoms with Crippen molar-refractivity contribution in [2.24, 2.45) is 0 Å². The molecule has 4 heteroatoms. The van der Waals surface area contributed by atoms with Crippen molar-refractivity contribution in [1.29, 1.82) is 0 Å². The van der Waals surface area contributed by atoms with Gasteiger partial charge in [0.05, 0.1) is 17.5 Å². The summed E-state index contributed by atoms with van der Waals surface area (Å²) in [5, 5.41) is 7.03. The zero-order chi connectivity index (χ0) is 16.8. The van der Waals surface area contributed by atoms with Crippen LogP contribution < -0.4 is 10.6 Å². The van der Waals surface area contributed by atoms with Gasteiger partial charge in [-0.05, 0) is 48.6 Å². The molecular formula is C20H27N3O. The van der Waals surface area contributed by atoms with Crippen LogP contribution >= 0.6 is 0 Å². The number of aromatic nitrogens is 1. The minimum absolute atomic E-state index is 0.154. The average molecular weight is 325 g/mol. The van der Waals surface area contributed by atoms with Gasteiger partial charge in [0, 0.05) is 19.9 Å². The number of nitrogens with zero attached hydrogens (tertiary/aromatic N) is 1. The predicted molar refractivity (Wildman–Crippen MR) is 100 cm³/mol. The third kappa shape index (κ3) is 3.88. The number of nitrogens with one attached hydrogen (secondary N) is 2. The molecule has 4 nitrogen and oxygen atoms in total. The Morgan fingerprint density at radius 2 is 2.25 bits per heavy atom. The second-order valence-corrected chi connectivity index (χ2v) is 6.34. The number of ether oxygens (including phenoxy) is 1. The van der Waals surface area contributed by atoms with Crippen LogP contribution in [0.1, 0.15) is 49.8 Å². The molecule has 0 fully saturated rings. The molecule has 128 valence electrons. The lowest BCUT2D eigenvalue weighted by Crippen LogP contribution is -2.15. The molecule has 0 amide bonds. The van der Waals surface area contributed by atoms with Gasteiger partial charge in [0.25, 0.3) is 0 Å². The number of pyridine rings is 1. The van der Waals surface area contributed by atoms with Crippen LogP contribution in [-0.4, -0.2) is 18.6 Å². The molecule has 0 radical (unpaired) electrons. The van der Waals surface area contributed by atoms with Gasteiger partial charge in [-0.2, -0.15) is 0 Å². The van der Waals surface area contributed by atoms with Gasteiger partial charge in [0.2, 0.25) is 0 Å². The summed E-state index contributed by atoms with van der Waals surface area (Å²) < 4.78 is 5.77. The van der Waals surface area contributed by atoms with Crippen molar-refractivity contribution in [3.63, 3.8) is 0 Å². The molecule has 2 heterocycles. The number of aryl methyl sites for hydroxylation is 1. The average Bonchev–Trinajstić information content (AvgIpc) is 2.63. The lowest BCUT2D eigenvalue weighted by molar-refractivity contribution is 0.0936. The van der Waals surface area contributed by atoms with E-state index in [-0.39, 0.29) is 6.10 Å². The van der Waals surface area contributed by atoms with Crippen LogP contribution in [0.4, 0.5) is 17.2 Å². The minimum Gasteiger partial charge on any atom is -0.383 e. The molecule has 24 heavy (non-hydrogen) atoms. The van der Waals surface area contributed by atoms with Gasteiger partial charge in [-0.15, -0.1) is 0 Å². The van der Waals surface area contributed by atoms with Crippen LogP contribution in [0.2, 0.25) is 0 Å². The highest BCUT2D eigenvalue weighted by atomic mass is 16.5. The summed E-state index contributed by atoms with van der Waals surface area (Å²) in [5.41, 5.74) is 4.93. The molecular weight excluding hydrogens is 298 g/mol. The third-order valence-electron chi connectivity index (χ3n) is 4.57. The Morgan fingerprint density at radius 3 is 3.00 bits per heavy atom. The first-order valence-electron chi connectivity index (χ1n) is 8.93. The summed E-state index contributed by atoms with van der Waals surface area (Å²) in [6.45, 7) is 3.24. The number of unbranched alkanes of at least 4 members (excludes halogenated alkanes) is 1. The van der Waals surface area contributed by atoms with Gasteiger partial charge in [0.1, 0.15) is 5.82 Å². The minimum atomic E-state index is 0.154. The molecule has 0 aliphatic carbocycles. The second-order valence-electron chi connectivity index (χ2n) is 6.34. The fraction of sp³-hybridized carbons (Fsp3) is 0.450. The maximum atomic E-state index is 5.77. The smallest absolute Gasteiger partial charge is 0.130 e. The summed E-state index contributed by atoms with van der Waals surface area (Å²) >= 11 is 0. The van der Waals surface area contributed by atoms with Crippen LogP contribution in [0.15, 0.2) is 36.5 Å². The van der Waals surface area contributed by atoms with E-state index in [1.54, 1.807) is 0 Å². The molecule has 0 saturated carbocycles. The quantitative estimate of drug-likeness (QED) is 0.747. The lowest BCUT2D eigenvalue weighted by Gasteiger charge is -2.25. The van der Waals surface area contributed by atoms with Crippen LogP contribution in [0.3, 0.4) is 0 Å². The van der Waals surface area contributed by atoms with Crippen molar-refractivity contribution >= 4 is 17.2 Å². The summed E-state index contributed by atoms with van der Waals surface area (Å²) in [6.07, 6.45) is 7.67. The van der Waals surface area contributed by atoms with Crippen molar-refractivity contribution in [3.8, 4) is 0 Å². The SMILES string of the molecule is CCCCC(OC)c1cc2c(c(Nc3ccccn3)c1)NCCC2. The van der Waals surface area contributed by atoms with Crippen molar-refractivity contribution in [2.45, 2.75) is 45.1 Å². The lowest BCUT2D eigenvalue weighted by atomic mass is 9.95. The molecule has 2 N–H and O–H groups in total. The molecule has 3 rings (SSSR count). The first-order chi connectivity index (χ1) is 11.8. The molecule has 0 saturated heterocycles. The van der Waals surface area contributed by atoms with E-state index in [4.69, 9.17) is 4.74 Å². The largest absolute Gasteiger partial charge is 0.383 e. The molecule has 1 atom stereocenters. The highest BCUT2D eigenvalue weighted by molar-refractivity contribution is 5.78. The van der Waals surface area contributed by atoms with Crippen LogP contribution in [0.25, 0.3) is 0 Å². The Hall–Kier alpha value is -2.07. The number of benzene rings is 1. The Bertz CT molecular complexity index is 657. The van der Waals surface area contributed by atoms with E-state index in [2.05, 4.69) is 34.7 Å². The first kappa shape index (κ1) is 16.8. The number of hydrogen-bond acceptors (Lipinski definition) is 4. The maximum Gasteiger partial charge on any atom is 0.130 e. The molecule has 0 spiro atoms. The van der Waals surface area contributed by atoms with E-state index in [9.17, 15) is 0 Å². The zero-order valence-corrected chi connectivity index (χ0v) is 14.6. The van der Waals surface area contributed by atoms with Gasteiger partial charge >= 0.3 is 0 Å². The Kier molecular flexibility index (Phi) is 5.70. The number of hydrogen-bond donors (Lipinski definition) is 2. The number of fused-ring (bicyclic) bond motifs is 1. The third-order valence-corrected chi connectivity index (χ3v) is 4.57. The van der Waals surface area contributed by atoms with Crippen LogP contribution in [-0.2, 0) is 11.2 Å². The van der Waals surface area contributed by atoms with Gasteiger partial charge in [-0.1, -0.05) is 31.9 Å². The van der Waals surface area contributed by atoms with Gasteiger partial charge < -0.3 is 15.4 Å². The molecule has 1 aliphatic rings. The van der Waals surface area contributed by atoms with E-state index in [1.807, 2.05) is 31.5 Å². The standard InChI is InChI=1S/C20H27N3O/c1-3-4-9-18(24-2)16-13-15-8-7-12-22-20(15)17(14-16)23-19-10-5-6-11-21-19/h5-6,10-11,13-14,18,22H,3-4,7-9,12H2,1-2H3,(H,21,23). The van der Waals surface area contributed by atoms with Gasteiger partial charge in [-0.25, -0.2) is 4.98 Å². The monoisotopic (exact) mass is 325 g/mol. The first-order valence-corrected chi connectivity index (χ1v) is 8.93. The molecule has 1 unspecified atom stereocenters. The normalized spacial score (nSPS) is 14.6.